The lowest BCUT2D eigenvalue weighted by Crippen LogP contribution is -2.45. The first kappa shape index (κ1) is 17.3. The lowest BCUT2D eigenvalue weighted by molar-refractivity contribution is -0.132. The first-order valence-corrected chi connectivity index (χ1v) is 9.44. The summed E-state index contributed by atoms with van der Waals surface area (Å²) in [4.78, 5) is 17.0. The van der Waals surface area contributed by atoms with E-state index in [1.165, 1.54) is 6.07 Å². The number of nitrogens with zero attached hydrogens (tertiary/aromatic N) is 2. The maximum Gasteiger partial charge on any atom is 0.223 e. The minimum atomic E-state index is -0.242. The van der Waals surface area contributed by atoms with Crippen LogP contribution in [0.25, 0.3) is 0 Å². The van der Waals surface area contributed by atoms with E-state index < -0.39 is 0 Å². The fraction of sp³-hybridized carbons (Fsp3) is 0.476. The molecule has 5 heteroatoms. The minimum Gasteiger partial charge on any atom is -0.468 e. The molecule has 2 aliphatic heterocycles. The summed E-state index contributed by atoms with van der Waals surface area (Å²) in [5.74, 6) is 0.947. The average molecular weight is 356 g/mol. The Labute approximate surface area is 153 Å². The van der Waals surface area contributed by atoms with Crippen LogP contribution in [-0.2, 0) is 17.9 Å². The molecule has 0 saturated carbocycles. The topological polar surface area (TPSA) is 36.7 Å². The summed E-state index contributed by atoms with van der Waals surface area (Å²) in [6.45, 7) is 3.30. The first-order chi connectivity index (χ1) is 12.6. The summed E-state index contributed by atoms with van der Waals surface area (Å²) >= 11 is 0. The Kier molecular flexibility index (Phi) is 4.81. The lowest BCUT2D eigenvalue weighted by Gasteiger charge is -2.38. The van der Waals surface area contributed by atoms with Crippen LogP contribution in [0.1, 0.15) is 43.4 Å². The number of benzene rings is 1. The number of rotatable bonds is 4. The van der Waals surface area contributed by atoms with Gasteiger partial charge in [0.2, 0.25) is 5.91 Å². The number of amides is 1. The van der Waals surface area contributed by atoms with Gasteiger partial charge in [-0.2, -0.15) is 0 Å². The third kappa shape index (κ3) is 3.54. The maximum absolute atomic E-state index is 13.5. The van der Waals surface area contributed by atoms with Crippen molar-refractivity contribution < 1.29 is 13.6 Å². The van der Waals surface area contributed by atoms with E-state index in [9.17, 15) is 9.18 Å². The smallest absolute Gasteiger partial charge is 0.223 e. The molecule has 4 nitrogen and oxygen atoms in total. The maximum atomic E-state index is 13.5. The summed E-state index contributed by atoms with van der Waals surface area (Å²) in [5, 5.41) is 0. The Hall–Kier alpha value is -2.14. The molecule has 0 aliphatic carbocycles. The van der Waals surface area contributed by atoms with E-state index in [0.29, 0.717) is 13.0 Å². The number of carbonyl (C=O) groups is 1. The van der Waals surface area contributed by atoms with Crippen LogP contribution < -0.4 is 0 Å². The Balaban J connectivity index is 1.47. The van der Waals surface area contributed by atoms with E-state index in [2.05, 4.69) is 4.90 Å². The summed E-state index contributed by atoms with van der Waals surface area (Å²) < 4.78 is 19.0. The Bertz CT molecular complexity index is 761. The van der Waals surface area contributed by atoms with Crippen LogP contribution in [0, 0.1) is 5.82 Å². The Morgan fingerprint density at radius 1 is 1.08 bits per heavy atom. The van der Waals surface area contributed by atoms with Crippen molar-refractivity contribution in [2.45, 2.75) is 50.7 Å². The van der Waals surface area contributed by atoms with Crippen LogP contribution in [0.2, 0.25) is 0 Å². The van der Waals surface area contributed by atoms with E-state index in [1.807, 2.05) is 23.1 Å². The molecule has 0 radical (unpaired) electrons. The van der Waals surface area contributed by atoms with E-state index in [4.69, 9.17) is 4.42 Å². The third-order valence-corrected chi connectivity index (χ3v) is 5.88. The molecule has 3 heterocycles. The highest BCUT2D eigenvalue weighted by Gasteiger charge is 2.45. The number of hydrogen-bond acceptors (Lipinski definition) is 3. The molecule has 1 spiro atoms. The van der Waals surface area contributed by atoms with Crippen molar-refractivity contribution in [3.05, 3.63) is 59.8 Å². The number of carbonyl (C=O) groups excluding carboxylic acids is 1. The van der Waals surface area contributed by atoms with Gasteiger partial charge in [0.25, 0.3) is 0 Å². The van der Waals surface area contributed by atoms with Crippen molar-refractivity contribution >= 4 is 5.91 Å². The molecule has 2 fully saturated rings. The molecule has 138 valence electrons. The van der Waals surface area contributed by atoms with Gasteiger partial charge in [-0.05, 0) is 62.1 Å². The zero-order chi connectivity index (χ0) is 18.0. The molecular weight excluding hydrogens is 331 g/mol. The fourth-order valence-corrected chi connectivity index (χ4v) is 4.48. The van der Waals surface area contributed by atoms with Crippen LogP contribution in [-0.4, -0.2) is 34.3 Å². The molecule has 26 heavy (non-hydrogen) atoms. The van der Waals surface area contributed by atoms with Gasteiger partial charge in [0, 0.05) is 25.0 Å². The summed E-state index contributed by atoms with van der Waals surface area (Å²) in [6, 6.07) is 10.5. The fourth-order valence-electron chi connectivity index (χ4n) is 4.48. The summed E-state index contributed by atoms with van der Waals surface area (Å²) in [6.07, 6.45) is 6.28. The quantitative estimate of drug-likeness (QED) is 0.832. The van der Waals surface area contributed by atoms with E-state index in [-0.39, 0.29) is 17.3 Å². The van der Waals surface area contributed by atoms with Gasteiger partial charge in [-0.3, -0.25) is 9.69 Å². The van der Waals surface area contributed by atoms with Gasteiger partial charge in [-0.1, -0.05) is 12.1 Å². The zero-order valence-electron chi connectivity index (χ0n) is 15.0. The number of halogens is 1. The van der Waals surface area contributed by atoms with E-state index in [0.717, 1.165) is 56.6 Å². The molecule has 0 unspecified atom stereocenters. The first-order valence-electron chi connectivity index (χ1n) is 9.44. The second-order valence-corrected chi connectivity index (χ2v) is 7.54. The second kappa shape index (κ2) is 7.23. The molecule has 1 amide bonds. The highest BCUT2D eigenvalue weighted by atomic mass is 19.1. The Morgan fingerprint density at radius 3 is 2.81 bits per heavy atom. The minimum absolute atomic E-state index is 0.0820. The highest BCUT2D eigenvalue weighted by Crippen LogP contribution is 2.40. The van der Waals surface area contributed by atoms with Gasteiger partial charge in [0.05, 0.1) is 12.8 Å². The zero-order valence-corrected chi connectivity index (χ0v) is 15.0. The standard InChI is InChI=1S/C21H25FN2O2/c22-18-5-1-4-17(14-18)15-24-20(25)7-9-21(24)8-3-11-23(12-10-21)16-19-6-2-13-26-19/h1-2,4-6,13-14H,3,7-12,15-16H2/t21-/m1/s1. The van der Waals surface area contributed by atoms with Gasteiger partial charge in [0.15, 0.2) is 0 Å². The predicted octanol–water partition coefficient (Wildman–Crippen LogP) is 3.97. The van der Waals surface area contributed by atoms with Crippen LogP contribution in [0.5, 0.6) is 0 Å². The van der Waals surface area contributed by atoms with Crippen LogP contribution in [0.4, 0.5) is 4.39 Å². The SMILES string of the molecule is O=C1CC[C@@]2(CCCN(Cc3ccco3)CC2)N1Cc1cccc(F)c1. The molecule has 0 N–H and O–H groups in total. The summed E-state index contributed by atoms with van der Waals surface area (Å²) in [5.41, 5.74) is 0.790. The predicted molar refractivity (Wildman–Crippen MR) is 96.8 cm³/mol. The molecule has 2 aliphatic rings. The van der Waals surface area contributed by atoms with Gasteiger partial charge < -0.3 is 9.32 Å². The monoisotopic (exact) mass is 356 g/mol. The average Bonchev–Trinajstić information content (AvgIpc) is 3.17. The molecule has 1 aromatic carbocycles. The number of likely N-dealkylation sites (tertiary alicyclic amines) is 2. The van der Waals surface area contributed by atoms with Crippen LogP contribution in [0.15, 0.2) is 47.1 Å². The molecular formula is C21H25FN2O2. The van der Waals surface area contributed by atoms with Crippen molar-refractivity contribution in [1.82, 2.24) is 9.80 Å². The lowest BCUT2D eigenvalue weighted by atomic mass is 9.87. The molecule has 1 aromatic heterocycles. The molecule has 1 atom stereocenters. The molecule has 0 bridgehead atoms. The highest BCUT2D eigenvalue weighted by molar-refractivity contribution is 5.79. The molecule has 2 saturated heterocycles. The summed E-state index contributed by atoms with van der Waals surface area (Å²) in [7, 11) is 0. The largest absolute Gasteiger partial charge is 0.468 e. The normalized spacial score (nSPS) is 24.3. The van der Waals surface area contributed by atoms with Gasteiger partial charge in [-0.15, -0.1) is 0 Å². The van der Waals surface area contributed by atoms with Crippen molar-refractivity contribution in [3.63, 3.8) is 0 Å². The van der Waals surface area contributed by atoms with Crippen molar-refractivity contribution in [1.29, 1.82) is 0 Å². The van der Waals surface area contributed by atoms with Gasteiger partial charge >= 0.3 is 0 Å². The van der Waals surface area contributed by atoms with Gasteiger partial charge in [0.1, 0.15) is 11.6 Å². The number of hydrogen-bond donors (Lipinski definition) is 0. The van der Waals surface area contributed by atoms with Crippen molar-refractivity contribution in [2.75, 3.05) is 13.1 Å². The molecule has 2 aromatic rings. The van der Waals surface area contributed by atoms with Crippen molar-refractivity contribution in [2.24, 2.45) is 0 Å². The van der Waals surface area contributed by atoms with Crippen molar-refractivity contribution in [3.8, 4) is 0 Å². The third-order valence-electron chi connectivity index (χ3n) is 5.88. The van der Waals surface area contributed by atoms with E-state index in [1.54, 1.807) is 18.4 Å². The molecule has 4 rings (SSSR count). The van der Waals surface area contributed by atoms with Crippen LogP contribution >= 0.6 is 0 Å². The second-order valence-electron chi connectivity index (χ2n) is 7.54. The Morgan fingerprint density at radius 2 is 2.00 bits per heavy atom. The van der Waals surface area contributed by atoms with E-state index >= 15 is 0 Å². The number of furan rings is 1. The van der Waals surface area contributed by atoms with Crippen LogP contribution in [0.3, 0.4) is 0 Å². The van der Waals surface area contributed by atoms with Gasteiger partial charge in [-0.25, -0.2) is 4.39 Å².